The predicted octanol–water partition coefficient (Wildman–Crippen LogP) is 0.969. The van der Waals surface area contributed by atoms with Gasteiger partial charge in [0.1, 0.15) is 0 Å². The number of carbonyl (C=O) groups excluding carboxylic acids is 1. The first kappa shape index (κ1) is 13.1. The van der Waals surface area contributed by atoms with Crippen LogP contribution in [0.15, 0.2) is 24.3 Å². The molecule has 1 atom stereocenters. The molecule has 1 saturated heterocycles. The Balaban J connectivity index is 2.06. The van der Waals surface area contributed by atoms with Crippen LogP contribution >= 0.6 is 0 Å². The smallest absolute Gasteiger partial charge is 0.249 e. The highest BCUT2D eigenvalue weighted by atomic mass is 16.1. The molecule has 1 aromatic carbocycles. The van der Waals surface area contributed by atoms with Gasteiger partial charge in [0.25, 0.3) is 0 Å². The minimum atomic E-state index is -0.347. The summed E-state index contributed by atoms with van der Waals surface area (Å²) in [4.78, 5) is 13.7. The Morgan fingerprint density at radius 2 is 2.28 bits per heavy atom. The average molecular weight is 247 g/mol. The number of nitrogens with zero attached hydrogens (tertiary/aromatic N) is 1. The molecule has 0 radical (unpaired) electrons. The van der Waals surface area contributed by atoms with E-state index in [1.807, 2.05) is 18.2 Å². The van der Waals surface area contributed by atoms with Gasteiger partial charge in [0.15, 0.2) is 0 Å². The van der Waals surface area contributed by atoms with E-state index in [1.54, 1.807) is 6.07 Å². The van der Waals surface area contributed by atoms with Crippen molar-refractivity contribution in [2.75, 3.05) is 20.1 Å². The van der Waals surface area contributed by atoms with Crippen LogP contribution in [0.2, 0.25) is 0 Å². The van der Waals surface area contributed by atoms with Gasteiger partial charge in [0.05, 0.1) is 0 Å². The van der Waals surface area contributed by atoms with E-state index in [0.717, 1.165) is 25.2 Å². The van der Waals surface area contributed by atoms with Crippen molar-refractivity contribution in [3.8, 4) is 0 Å². The molecule has 1 aliphatic rings. The second kappa shape index (κ2) is 5.98. The average Bonchev–Trinajstić information content (AvgIpc) is 2.40. The summed E-state index contributed by atoms with van der Waals surface area (Å²) in [6.45, 7) is 2.91. The number of nitrogens with one attached hydrogen (secondary N) is 1. The topological polar surface area (TPSA) is 58.4 Å². The van der Waals surface area contributed by atoms with Crippen molar-refractivity contribution in [2.45, 2.75) is 25.4 Å². The fourth-order valence-electron chi connectivity index (χ4n) is 2.51. The van der Waals surface area contributed by atoms with Crippen molar-refractivity contribution >= 4 is 5.91 Å². The van der Waals surface area contributed by atoms with Gasteiger partial charge in [-0.15, -0.1) is 0 Å². The molecule has 0 bridgehead atoms. The van der Waals surface area contributed by atoms with E-state index in [1.165, 1.54) is 12.8 Å². The van der Waals surface area contributed by atoms with Gasteiger partial charge >= 0.3 is 0 Å². The lowest BCUT2D eigenvalue weighted by Crippen LogP contribution is -2.43. The van der Waals surface area contributed by atoms with Crippen LogP contribution < -0.4 is 11.1 Å². The fourth-order valence-corrected chi connectivity index (χ4v) is 2.51. The molecule has 98 valence electrons. The van der Waals surface area contributed by atoms with Crippen molar-refractivity contribution < 1.29 is 4.79 Å². The van der Waals surface area contributed by atoms with E-state index in [4.69, 9.17) is 5.73 Å². The van der Waals surface area contributed by atoms with E-state index < -0.39 is 0 Å². The van der Waals surface area contributed by atoms with Gasteiger partial charge in [-0.1, -0.05) is 18.2 Å². The number of rotatable bonds is 4. The zero-order valence-corrected chi connectivity index (χ0v) is 10.9. The molecule has 18 heavy (non-hydrogen) atoms. The third kappa shape index (κ3) is 3.09. The standard InChI is InChI=1S/C14H21N3O/c1-17(12-6-4-8-16-9-12)10-11-5-2-3-7-13(11)14(15)18/h2-3,5,7,12,16H,4,6,8-10H2,1H3,(H2,15,18). The maximum Gasteiger partial charge on any atom is 0.249 e. The minimum absolute atomic E-state index is 0.347. The second-order valence-corrected chi connectivity index (χ2v) is 4.94. The predicted molar refractivity (Wildman–Crippen MR) is 72.3 cm³/mol. The molecule has 1 amide bonds. The molecule has 1 aromatic rings. The number of benzene rings is 1. The SMILES string of the molecule is CN(Cc1ccccc1C(N)=O)C1CCCNC1. The number of amides is 1. The maximum atomic E-state index is 11.4. The summed E-state index contributed by atoms with van der Waals surface area (Å²) < 4.78 is 0. The second-order valence-electron chi connectivity index (χ2n) is 4.94. The number of hydrogen-bond acceptors (Lipinski definition) is 3. The molecule has 1 fully saturated rings. The molecule has 0 aromatic heterocycles. The Labute approximate surface area is 108 Å². The van der Waals surface area contributed by atoms with Crippen LogP contribution in [0, 0.1) is 0 Å². The third-order valence-electron chi connectivity index (χ3n) is 3.60. The Kier molecular flexibility index (Phi) is 4.33. The number of piperidine rings is 1. The highest BCUT2D eigenvalue weighted by Gasteiger charge is 2.19. The van der Waals surface area contributed by atoms with Gasteiger partial charge in [0.2, 0.25) is 5.91 Å². The molecule has 3 N–H and O–H groups in total. The number of nitrogens with two attached hydrogens (primary N) is 1. The fraction of sp³-hybridized carbons (Fsp3) is 0.500. The summed E-state index contributed by atoms with van der Waals surface area (Å²) in [6.07, 6.45) is 2.43. The first-order chi connectivity index (χ1) is 8.68. The van der Waals surface area contributed by atoms with E-state index in [2.05, 4.69) is 17.3 Å². The van der Waals surface area contributed by atoms with Crippen LogP contribution in [-0.4, -0.2) is 37.0 Å². The maximum absolute atomic E-state index is 11.4. The number of likely N-dealkylation sites (N-methyl/N-ethyl adjacent to an activating group) is 1. The minimum Gasteiger partial charge on any atom is -0.366 e. The molecule has 1 unspecified atom stereocenters. The van der Waals surface area contributed by atoms with Crippen LogP contribution in [-0.2, 0) is 6.54 Å². The Bertz CT molecular complexity index is 413. The normalized spacial score (nSPS) is 20.0. The number of primary amides is 1. The van der Waals surface area contributed by atoms with Crippen LogP contribution in [0.5, 0.6) is 0 Å². The van der Waals surface area contributed by atoms with E-state index in [-0.39, 0.29) is 5.91 Å². The zero-order valence-electron chi connectivity index (χ0n) is 10.9. The summed E-state index contributed by atoms with van der Waals surface area (Å²) in [5, 5.41) is 3.41. The largest absolute Gasteiger partial charge is 0.366 e. The summed E-state index contributed by atoms with van der Waals surface area (Å²) in [6, 6.07) is 8.12. The van der Waals surface area contributed by atoms with Crippen molar-refractivity contribution in [3.05, 3.63) is 35.4 Å². The van der Waals surface area contributed by atoms with Gasteiger partial charge in [-0.3, -0.25) is 9.69 Å². The monoisotopic (exact) mass is 247 g/mol. The molecule has 1 heterocycles. The molecular weight excluding hydrogens is 226 g/mol. The lowest BCUT2D eigenvalue weighted by atomic mass is 10.0. The molecule has 4 heteroatoms. The van der Waals surface area contributed by atoms with E-state index >= 15 is 0 Å². The molecular formula is C14H21N3O. The van der Waals surface area contributed by atoms with Gasteiger partial charge in [-0.05, 0) is 38.1 Å². The molecule has 0 spiro atoms. The van der Waals surface area contributed by atoms with Gasteiger partial charge in [-0.2, -0.15) is 0 Å². The van der Waals surface area contributed by atoms with E-state index in [9.17, 15) is 4.79 Å². The molecule has 2 rings (SSSR count). The van der Waals surface area contributed by atoms with Crippen LogP contribution in [0.25, 0.3) is 0 Å². The Hall–Kier alpha value is -1.39. The van der Waals surface area contributed by atoms with Crippen molar-refractivity contribution in [1.82, 2.24) is 10.2 Å². The zero-order chi connectivity index (χ0) is 13.0. The summed E-state index contributed by atoms with van der Waals surface area (Å²) in [7, 11) is 2.11. The Morgan fingerprint density at radius 3 is 2.94 bits per heavy atom. The highest BCUT2D eigenvalue weighted by molar-refractivity contribution is 5.94. The van der Waals surface area contributed by atoms with Gasteiger partial charge in [0, 0.05) is 24.7 Å². The molecule has 0 saturated carbocycles. The lowest BCUT2D eigenvalue weighted by molar-refractivity contribution is 0.0997. The number of hydrogen-bond donors (Lipinski definition) is 2. The van der Waals surface area contributed by atoms with Crippen LogP contribution in [0.1, 0.15) is 28.8 Å². The number of carbonyl (C=O) groups is 1. The third-order valence-corrected chi connectivity index (χ3v) is 3.60. The van der Waals surface area contributed by atoms with Crippen molar-refractivity contribution in [3.63, 3.8) is 0 Å². The first-order valence-electron chi connectivity index (χ1n) is 6.47. The van der Waals surface area contributed by atoms with Crippen molar-refractivity contribution in [1.29, 1.82) is 0 Å². The van der Waals surface area contributed by atoms with E-state index in [0.29, 0.717) is 11.6 Å². The summed E-state index contributed by atoms with van der Waals surface area (Å²) in [5.74, 6) is -0.347. The molecule has 1 aliphatic heterocycles. The lowest BCUT2D eigenvalue weighted by Gasteiger charge is -2.32. The first-order valence-corrected chi connectivity index (χ1v) is 6.47. The van der Waals surface area contributed by atoms with Gasteiger partial charge < -0.3 is 11.1 Å². The molecule has 4 nitrogen and oxygen atoms in total. The highest BCUT2D eigenvalue weighted by Crippen LogP contribution is 2.15. The summed E-state index contributed by atoms with van der Waals surface area (Å²) in [5.41, 5.74) is 7.04. The molecule has 0 aliphatic carbocycles. The quantitative estimate of drug-likeness (QED) is 0.833. The van der Waals surface area contributed by atoms with Crippen LogP contribution in [0.4, 0.5) is 0 Å². The Morgan fingerprint density at radius 1 is 1.50 bits per heavy atom. The van der Waals surface area contributed by atoms with Crippen molar-refractivity contribution in [2.24, 2.45) is 5.73 Å². The van der Waals surface area contributed by atoms with Crippen LogP contribution in [0.3, 0.4) is 0 Å². The van der Waals surface area contributed by atoms with Gasteiger partial charge in [-0.25, -0.2) is 0 Å². The summed E-state index contributed by atoms with van der Waals surface area (Å²) >= 11 is 0.